The fraction of sp³-hybridized carbons (Fsp3) is 0.227. The number of rotatable bonds is 5. The van der Waals surface area contributed by atoms with Gasteiger partial charge in [0.2, 0.25) is 0 Å². The van der Waals surface area contributed by atoms with Crippen LogP contribution in [0.4, 0.5) is 5.69 Å². The number of pyridine rings is 1. The number of carbonyl (C=O) groups is 1. The molecule has 0 bridgehead atoms. The number of nitrogens with zero attached hydrogens (tertiary/aromatic N) is 2. The molecular formula is C22H23N5O2. The fourth-order valence-electron chi connectivity index (χ4n) is 3.62. The highest BCUT2D eigenvalue weighted by Crippen LogP contribution is 2.26. The van der Waals surface area contributed by atoms with E-state index in [1.807, 2.05) is 29.2 Å². The lowest BCUT2D eigenvalue weighted by Gasteiger charge is -2.16. The number of amidine groups is 1. The molecule has 2 aromatic carbocycles. The molecule has 1 aliphatic heterocycles. The van der Waals surface area contributed by atoms with E-state index in [2.05, 4.69) is 10.3 Å². The number of nitrogen functional groups attached to an aromatic ring is 1. The molecule has 0 unspecified atom stereocenters. The molecule has 0 saturated carbocycles. The van der Waals surface area contributed by atoms with Gasteiger partial charge in [0.25, 0.3) is 5.91 Å². The van der Waals surface area contributed by atoms with E-state index < -0.39 is 0 Å². The number of hydrogen-bond donors (Lipinski definition) is 4. The normalized spacial score (nSPS) is 13.6. The van der Waals surface area contributed by atoms with Crippen LogP contribution in [0, 0.1) is 5.41 Å². The Morgan fingerprint density at radius 3 is 2.66 bits per heavy atom. The van der Waals surface area contributed by atoms with Gasteiger partial charge in [0.1, 0.15) is 11.6 Å². The minimum absolute atomic E-state index is 0.0455. The van der Waals surface area contributed by atoms with E-state index >= 15 is 0 Å². The molecule has 1 fully saturated rings. The molecule has 148 valence electrons. The second kappa shape index (κ2) is 7.79. The third kappa shape index (κ3) is 3.85. The molecule has 3 aromatic rings. The average molecular weight is 389 g/mol. The van der Waals surface area contributed by atoms with Gasteiger partial charge in [-0.25, -0.2) is 0 Å². The van der Waals surface area contributed by atoms with E-state index in [0.29, 0.717) is 23.2 Å². The average Bonchev–Trinajstić information content (AvgIpc) is 3.27. The first-order valence-corrected chi connectivity index (χ1v) is 9.61. The van der Waals surface area contributed by atoms with Crippen molar-refractivity contribution in [2.45, 2.75) is 19.4 Å². The molecule has 2 heterocycles. The van der Waals surface area contributed by atoms with Crippen LogP contribution in [-0.2, 0) is 6.54 Å². The zero-order valence-electron chi connectivity index (χ0n) is 16.0. The number of phenolic OH excluding ortho intramolecular Hbond substituents is 1. The number of likely N-dealkylation sites (tertiary alicyclic amines) is 1. The van der Waals surface area contributed by atoms with Crippen molar-refractivity contribution < 1.29 is 9.90 Å². The standard InChI is InChI=1S/C22H23N5O2/c23-21(24)14-4-6-20(28)16(11-14)13-26-18-7-8-25-19-12-15(3-5-17(18)19)22(29)27-9-1-2-10-27/h3-8,11-12,28H,1-2,9-10,13H2,(H3,23,24)(H,25,26). The summed E-state index contributed by atoms with van der Waals surface area (Å²) in [4.78, 5) is 18.9. The molecule has 29 heavy (non-hydrogen) atoms. The van der Waals surface area contributed by atoms with Crippen LogP contribution in [0.1, 0.15) is 34.3 Å². The molecule has 4 rings (SSSR count). The number of nitrogens with two attached hydrogens (primary N) is 1. The number of nitrogens with one attached hydrogen (secondary N) is 2. The van der Waals surface area contributed by atoms with E-state index in [4.69, 9.17) is 11.1 Å². The van der Waals surface area contributed by atoms with Crippen LogP contribution in [0.2, 0.25) is 0 Å². The predicted octanol–water partition coefficient (Wildman–Crippen LogP) is 3.07. The van der Waals surface area contributed by atoms with Crippen molar-refractivity contribution in [3.05, 3.63) is 65.4 Å². The Labute approximate surface area is 168 Å². The van der Waals surface area contributed by atoms with Crippen molar-refractivity contribution in [1.29, 1.82) is 5.41 Å². The smallest absolute Gasteiger partial charge is 0.253 e. The summed E-state index contributed by atoms with van der Waals surface area (Å²) in [5, 5.41) is 21.9. The highest BCUT2D eigenvalue weighted by molar-refractivity contribution is 6.00. The number of phenols is 1. The van der Waals surface area contributed by atoms with Crippen molar-refractivity contribution in [2.75, 3.05) is 18.4 Å². The largest absolute Gasteiger partial charge is 0.508 e. The summed E-state index contributed by atoms with van der Waals surface area (Å²) in [6.07, 6.45) is 3.81. The first-order valence-electron chi connectivity index (χ1n) is 9.61. The van der Waals surface area contributed by atoms with Gasteiger partial charge < -0.3 is 21.1 Å². The maximum atomic E-state index is 12.6. The number of aromatic hydroxyl groups is 1. The molecule has 1 amide bonds. The van der Waals surface area contributed by atoms with E-state index in [0.717, 1.165) is 42.5 Å². The van der Waals surface area contributed by atoms with Gasteiger partial charge in [-0.3, -0.25) is 15.2 Å². The Morgan fingerprint density at radius 1 is 1.14 bits per heavy atom. The van der Waals surface area contributed by atoms with Gasteiger partial charge in [0.05, 0.1) is 5.52 Å². The Morgan fingerprint density at radius 2 is 1.90 bits per heavy atom. The Bertz CT molecular complexity index is 1090. The Hall–Kier alpha value is -3.61. The topological polar surface area (TPSA) is 115 Å². The van der Waals surface area contributed by atoms with Gasteiger partial charge >= 0.3 is 0 Å². The molecule has 0 aliphatic carbocycles. The summed E-state index contributed by atoms with van der Waals surface area (Å²) in [6, 6.07) is 12.3. The zero-order chi connectivity index (χ0) is 20.4. The maximum Gasteiger partial charge on any atom is 0.253 e. The van der Waals surface area contributed by atoms with Gasteiger partial charge in [0.15, 0.2) is 0 Å². The lowest BCUT2D eigenvalue weighted by Crippen LogP contribution is -2.27. The summed E-state index contributed by atoms with van der Waals surface area (Å²) < 4.78 is 0. The second-order valence-electron chi connectivity index (χ2n) is 7.20. The van der Waals surface area contributed by atoms with Crippen LogP contribution in [-0.4, -0.2) is 39.8 Å². The predicted molar refractivity (Wildman–Crippen MR) is 113 cm³/mol. The number of hydrogen-bond acceptors (Lipinski definition) is 5. The third-order valence-electron chi connectivity index (χ3n) is 5.24. The molecule has 0 radical (unpaired) electrons. The Balaban J connectivity index is 1.58. The molecule has 1 saturated heterocycles. The van der Waals surface area contributed by atoms with E-state index in [-0.39, 0.29) is 17.5 Å². The van der Waals surface area contributed by atoms with Gasteiger partial charge in [0, 0.05) is 53.6 Å². The van der Waals surface area contributed by atoms with Gasteiger partial charge in [-0.15, -0.1) is 0 Å². The zero-order valence-corrected chi connectivity index (χ0v) is 16.0. The Kier molecular flexibility index (Phi) is 5.03. The van der Waals surface area contributed by atoms with E-state index in [1.165, 1.54) is 6.07 Å². The number of carbonyl (C=O) groups excluding carboxylic acids is 1. The number of fused-ring (bicyclic) bond motifs is 1. The fourth-order valence-corrected chi connectivity index (χ4v) is 3.62. The first-order chi connectivity index (χ1) is 14.0. The summed E-state index contributed by atoms with van der Waals surface area (Å²) in [5.41, 5.74) is 8.98. The molecule has 5 N–H and O–H groups in total. The van der Waals surface area contributed by atoms with Gasteiger partial charge in [-0.2, -0.15) is 0 Å². The molecule has 1 aromatic heterocycles. The molecule has 0 spiro atoms. The van der Waals surface area contributed by atoms with Crippen molar-refractivity contribution in [1.82, 2.24) is 9.88 Å². The lowest BCUT2D eigenvalue weighted by molar-refractivity contribution is 0.0793. The minimum Gasteiger partial charge on any atom is -0.508 e. The SMILES string of the molecule is N=C(N)c1ccc(O)c(CNc2ccnc3cc(C(=O)N4CCCC4)ccc23)c1. The van der Waals surface area contributed by atoms with Crippen LogP contribution in [0.3, 0.4) is 0 Å². The highest BCUT2D eigenvalue weighted by Gasteiger charge is 2.20. The molecule has 0 atom stereocenters. The molecule has 7 heteroatoms. The van der Waals surface area contributed by atoms with Crippen molar-refractivity contribution in [3.8, 4) is 5.75 Å². The second-order valence-corrected chi connectivity index (χ2v) is 7.20. The maximum absolute atomic E-state index is 12.6. The van der Waals surface area contributed by atoms with Crippen LogP contribution < -0.4 is 11.1 Å². The summed E-state index contributed by atoms with van der Waals surface area (Å²) in [5.74, 6) is 0.144. The van der Waals surface area contributed by atoms with Crippen molar-refractivity contribution in [3.63, 3.8) is 0 Å². The van der Waals surface area contributed by atoms with Crippen molar-refractivity contribution >= 4 is 28.3 Å². The molecular weight excluding hydrogens is 366 g/mol. The third-order valence-corrected chi connectivity index (χ3v) is 5.24. The molecule has 7 nitrogen and oxygen atoms in total. The van der Waals surface area contributed by atoms with Gasteiger partial charge in [-0.1, -0.05) is 0 Å². The summed E-state index contributed by atoms with van der Waals surface area (Å²) >= 11 is 0. The monoisotopic (exact) mass is 389 g/mol. The highest BCUT2D eigenvalue weighted by atomic mass is 16.3. The minimum atomic E-state index is -0.0455. The number of anilines is 1. The van der Waals surface area contributed by atoms with Crippen LogP contribution in [0.25, 0.3) is 10.9 Å². The summed E-state index contributed by atoms with van der Waals surface area (Å²) in [6.45, 7) is 1.99. The first kappa shape index (κ1) is 18.7. The van der Waals surface area contributed by atoms with E-state index in [9.17, 15) is 9.90 Å². The lowest BCUT2D eigenvalue weighted by atomic mass is 10.1. The van der Waals surface area contributed by atoms with Gasteiger partial charge in [-0.05, 0) is 55.3 Å². The number of aromatic nitrogens is 1. The quantitative estimate of drug-likeness (QED) is 0.395. The van der Waals surface area contributed by atoms with Crippen LogP contribution >= 0.6 is 0 Å². The summed E-state index contributed by atoms with van der Waals surface area (Å²) in [7, 11) is 0. The number of amides is 1. The van der Waals surface area contributed by atoms with Crippen LogP contribution in [0.15, 0.2) is 48.7 Å². The van der Waals surface area contributed by atoms with Crippen LogP contribution in [0.5, 0.6) is 5.75 Å². The number of benzene rings is 2. The van der Waals surface area contributed by atoms with Crippen molar-refractivity contribution in [2.24, 2.45) is 5.73 Å². The molecule has 1 aliphatic rings. The van der Waals surface area contributed by atoms with E-state index in [1.54, 1.807) is 18.3 Å².